The van der Waals surface area contributed by atoms with Gasteiger partial charge in [-0.2, -0.15) is 13.2 Å². The van der Waals surface area contributed by atoms with Crippen molar-refractivity contribution in [2.24, 2.45) is 5.92 Å². The van der Waals surface area contributed by atoms with Gasteiger partial charge in [-0.05, 0) is 87.0 Å². The lowest BCUT2D eigenvalue weighted by molar-refractivity contribution is -0.137. The van der Waals surface area contributed by atoms with Gasteiger partial charge in [-0.25, -0.2) is 9.59 Å². The standard InChI is InChI=1S/C41H48F3N5O6/c1-26-23-49(27(2)25-50)38(51)34-22-32(46-39(52)45-31-17-15-30(16-18-31)41(42,43)44)19-20-36(34)55-28(3)10-7-8-21-54-37(26)24-48(4)40(53)47-35-14-9-12-29-11-5-6-13-33(29)35/h5-6,9,11-20,22,26-28,37,50H,7-8,10,21,23-25H2,1-4H3,(H,47,53)(H2,45,46,52)/t26-,27+,28-,37+/m0/s1. The van der Waals surface area contributed by atoms with Gasteiger partial charge in [0, 0.05) is 49.4 Å². The molecule has 0 spiro atoms. The number of carbonyl (C=O) groups is 3. The predicted octanol–water partition coefficient (Wildman–Crippen LogP) is 8.46. The summed E-state index contributed by atoms with van der Waals surface area (Å²) in [6.45, 7) is 6.03. The van der Waals surface area contributed by atoms with E-state index >= 15 is 0 Å². The van der Waals surface area contributed by atoms with Crippen LogP contribution in [0.3, 0.4) is 0 Å². The van der Waals surface area contributed by atoms with E-state index in [0.29, 0.717) is 24.5 Å². The highest BCUT2D eigenvalue weighted by molar-refractivity contribution is 6.03. The molecular weight excluding hydrogens is 715 g/mol. The zero-order chi connectivity index (χ0) is 39.7. The number of halogens is 3. The van der Waals surface area contributed by atoms with Gasteiger partial charge in [0.1, 0.15) is 5.75 Å². The van der Waals surface area contributed by atoms with E-state index in [2.05, 4.69) is 16.0 Å². The summed E-state index contributed by atoms with van der Waals surface area (Å²) in [6.07, 6.45) is -3.08. The molecule has 0 saturated heterocycles. The molecule has 0 bridgehead atoms. The molecule has 0 unspecified atom stereocenters. The van der Waals surface area contributed by atoms with Crippen LogP contribution in [-0.2, 0) is 10.9 Å². The van der Waals surface area contributed by atoms with E-state index in [4.69, 9.17) is 9.47 Å². The quantitative estimate of drug-likeness (QED) is 0.149. The highest BCUT2D eigenvalue weighted by atomic mass is 19.4. The zero-order valence-corrected chi connectivity index (χ0v) is 31.4. The van der Waals surface area contributed by atoms with Gasteiger partial charge in [-0.3, -0.25) is 4.79 Å². The number of ether oxygens (including phenoxy) is 2. The normalized spacial score (nSPS) is 19.0. The number of nitrogens with one attached hydrogen (secondary N) is 3. The molecular formula is C41H48F3N5O6. The van der Waals surface area contributed by atoms with Crippen molar-refractivity contribution in [1.82, 2.24) is 9.80 Å². The lowest BCUT2D eigenvalue weighted by Gasteiger charge is -2.35. The second-order valence-electron chi connectivity index (χ2n) is 14.0. The molecule has 294 valence electrons. The molecule has 1 aliphatic heterocycles. The number of alkyl halides is 3. The Bertz CT molecular complexity index is 1940. The van der Waals surface area contributed by atoms with Gasteiger partial charge >= 0.3 is 18.2 Å². The molecule has 4 aromatic rings. The molecule has 0 aromatic heterocycles. The van der Waals surface area contributed by atoms with Gasteiger partial charge in [-0.15, -0.1) is 0 Å². The number of fused-ring (bicyclic) bond motifs is 2. The highest BCUT2D eigenvalue weighted by Gasteiger charge is 2.32. The van der Waals surface area contributed by atoms with Crippen LogP contribution in [0.5, 0.6) is 5.75 Å². The van der Waals surface area contributed by atoms with Crippen molar-refractivity contribution < 1.29 is 42.1 Å². The van der Waals surface area contributed by atoms with Crippen LogP contribution < -0.4 is 20.7 Å². The molecule has 4 aromatic carbocycles. The maximum atomic E-state index is 14.4. The Morgan fingerprint density at radius 2 is 1.64 bits per heavy atom. The summed E-state index contributed by atoms with van der Waals surface area (Å²) in [5.74, 6) is -0.461. The number of hydrogen-bond donors (Lipinski definition) is 4. The van der Waals surface area contributed by atoms with Crippen LogP contribution in [0.1, 0.15) is 56.0 Å². The number of rotatable bonds is 7. The fourth-order valence-corrected chi connectivity index (χ4v) is 6.40. The van der Waals surface area contributed by atoms with Crippen LogP contribution in [0.4, 0.5) is 39.8 Å². The summed E-state index contributed by atoms with van der Waals surface area (Å²) in [4.78, 5) is 43.9. The van der Waals surface area contributed by atoms with Crippen molar-refractivity contribution in [1.29, 1.82) is 0 Å². The summed E-state index contributed by atoms with van der Waals surface area (Å²) in [7, 11) is 1.69. The average Bonchev–Trinajstić information content (AvgIpc) is 3.15. The molecule has 55 heavy (non-hydrogen) atoms. The minimum atomic E-state index is -4.51. The molecule has 4 N–H and O–H groups in total. The first-order chi connectivity index (χ1) is 26.2. The Labute approximate surface area is 318 Å². The van der Waals surface area contributed by atoms with Crippen LogP contribution in [0.15, 0.2) is 84.9 Å². The number of aliphatic hydroxyl groups is 1. The first-order valence-corrected chi connectivity index (χ1v) is 18.3. The Hall–Kier alpha value is -5.34. The minimum absolute atomic E-state index is 0.141. The average molecular weight is 764 g/mol. The third-order valence-electron chi connectivity index (χ3n) is 9.61. The topological polar surface area (TPSA) is 132 Å². The first-order valence-electron chi connectivity index (χ1n) is 18.3. The number of anilines is 3. The van der Waals surface area contributed by atoms with Gasteiger partial charge < -0.3 is 40.3 Å². The summed E-state index contributed by atoms with van der Waals surface area (Å²) in [5, 5.41) is 20.4. The second kappa shape index (κ2) is 18.3. The number of hydrogen-bond acceptors (Lipinski definition) is 6. The minimum Gasteiger partial charge on any atom is -0.490 e. The number of aliphatic hydroxyl groups excluding tert-OH is 1. The van der Waals surface area contributed by atoms with E-state index in [1.807, 2.05) is 56.3 Å². The molecule has 0 aliphatic carbocycles. The third kappa shape index (κ3) is 10.9. The summed E-state index contributed by atoms with van der Waals surface area (Å²) in [5.41, 5.74) is 0.360. The lowest BCUT2D eigenvalue weighted by atomic mass is 10.0. The Morgan fingerprint density at radius 1 is 0.945 bits per heavy atom. The lowest BCUT2D eigenvalue weighted by Crippen LogP contribution is -2.48. The number of amides is 5. The van der Waals surface area contributed by atoms with Crippen molar-refractivity contribution in [3.63, 3.8) is 0 Å². The molecule has 5 amide bonds. The maximum absolute atomic E-state index is 14.4. The van der Waals surface area contributed by atoms with E-state index in [1.54, 1.807) is 31.0 Å². The fraction of sp³-hybridized carbons (Fsp3) is 0.390. The first kappa shape index (κ1) is 40.8. The van der Waals surface area contributed by atoms with Crippen LogP contribution in [-0.4, -0.2) is 84.5 Å². The Balaban J connectivity index is 1.35. The zero-order valence-electron chi connectivity index (χ0n) is 31.4. The molecule has 0 fully saturated rings. The van der Waals surface area contributed by atoms with Gasteiger partial charge in [0.25, 0.3) is 5.91 Å². The van der Waals surface area contributed by atoms with E-state index in [9.17, 15) is 32.7 Å². The molecule has 14 heteroatoms. The van der Waals surface area contributed by atoms with E-state index < -0.39 is 35.8 Å². The molecule has 4 atom stereocenters. The number of urea groups is 2. The Kier molecular flexibility index (Phi) is 13.6. The van der Waals surface area contributed by atoms with Crippen LogP contribution in [0.2, 0.25) is 0 Å². The van der Waals surface area contributed by atoms with E-state index in [0.717, 1.165) is 47.9 Å². The van der Waals surface area contributed by atoms with Gasteiger partial charge in [0.15, 0.2) is 0 Å². The predicted molar refractivity (Wildman–Crippen MR) is 207 cm³/mol. The molecule has 1 heterocycles. The molecule has 1 aliphatic rings. The SMILES string of the molecule is C[C@H](CO)N1C[C@H](C)[C@@H](CN(C)C(=O)Nc2cccc3ccccc23)OCCCC[C@H](C)Oc2ccc(NC(=O)Nc3ccc(C(F)(F)F)cc3)cc2C1=O. The third-order valence-corrected chi connectivity index (χ3v) is 9.61. The summed E-state index contributed by atoms with van der Waals surface area (Å²) < 4.78 is 51.6. The molecule has 0 saturated carbocycles. The molecule has 11 nitrogen and oxygen atoms in total. The van der Waals surface area contributed by atoms with Crippen LogP contribution in [0.25, 0.3) is 10.8 Å². The Morgan fingerprint density at radius 3 is 2.36 bits per heavy atom. The van der Waals surface area contributed by atoms with E-state index in [1.165, 1.54) is 11.0 Å². The highest BCUT2D eigenvalue weighted by Crippen LogP contribution is 2.31. The van der Waals surface area contributed by atoms with Crippen LogP contribution in [0, 0.1) is 5.92 Å². The number of benzene rings is 4. The van der Waals surface area contributed by atoms with Crippen molar-refractivity contribution in [2.45, 2.75) is 64.5 Å². The summed E-state index contributed by atoms with van der Waals surface area (Å²) >= 11 is 0. The van der Waals surface area contributed by atoms with Crippen molar-refractivity contribution in [3.8, 4) is 5.75 Å². The van der Waals surface area contributed by atoms with Crippen molar-refractivity contribution in [2.75, 3.05) is 49.3 Å². The number of nitrogens with zero attached hydrogens (tertiary/aromatic N) is 2. The van der Waals surface area contributed by atoms with Gasteiger partial charge in [-0.1, -0.05) is 43.3 Å². The number of likely N-dealkylation sites (N-methyl/N-ethyl adjacent to an activating group) is 1. The summed E-state index contributed by atoms with van der Waals surface area (Å²) in [6, 6.07) is 20.5. The molecule has 0 radical (unpaired) electrons. The van der Waals surface area contributed by atoms with Gasteiger partial charge in [0.2, 0.25) is 0 Å². The monoisotopic (exact) mass is 763 g/mol. The molecule has 5 rings (SSSR count). The van der Waals surface area contributed by atoms with Gasteiger partial charge in [0.05, 0.1) is 41.7 Å². The van der Waals surface area contributed by atoms with Crippen molar-refractivity contribution in [3.05, 3.63) is 96.1 Å². The van der Waals surface area contributed by atoms with E-state index in [-0.39, 0.29) is 54.7 Å². The fourth-order valence-electron chi connectivity index (χ4n) is 6.40. The largest absolute Gasteiger partial charge is 0.490 e. The smallest absolute Gasteiger partial charge is 0.416 e. The van der Waals surface area contributed by atoms with Crippen LogP contribution >= 0.6 is 0 Å². The number of carbonyl (C=O) groups excluding carboxylic acids is 3. The maximum Gasteiger partial charge on any atom is 0.416 e. The second-order valence-corrected chi connectivity index (χ2v) is 14.0. The van der Waals surface area contributed by atoms with Crippen molar-refractivity contribution >= 4 is 45.8 Å².